The van der Waals surface area contributed by atoms with Crippen LogP contribution in [0.5, 0.6) is 11.5 Å². The number of para-hydroxylation sites is 1. The Morgan fingerprint density at radius 1 is 1.12 bits per heavy atom. The van der Waals surface area contributed by atoms with Crippen LogP contribution in [0.15, 0.2) is 64.2 Å². The van der Waals surface area contributed by atoms with Crippen LogP contribution in [0.3, 0.4) is 0 Å². The summed E-state index contributed by atoms with van der Waals surface area (Å²) in [5.74, 6) is 0.891. The molecule has 1 aromatic heterocycles. The molecule has 4 N–H and O–H groups in total. The summed E-state index contributed by atoms with van der Waals surface area (Å²) in [6.07, 6.45) is 0.449. The minimum absolute atomic E-state index is 0.0347. The Morgan fingerprint density at radius 3 is 2.30 bits per heavy atom. The van der Waals surface area contributed by atoms with Gasteiger partial charge in [-0.15, -0.1) is 0 Å². The number of likely N-dealkylation sites (N-methyl/N-ethyl adjacent to an activating group) is 1. The second-order valence-corrected chi connectivity index (χ2v) is 12.5. The van der Waals surface area contributed by atoms with Gasteiger partial charge in [0.2, 0.25) is 6.41 Å². The summed E-state index contributed by atoms with van der Waals surface area (Å²) in [5.41, 5.74) is 8.74. The van der Waals surface area contributed by atoms with Gasteiger partial charge >= 0.3 is 6.18 Å². The fraction of sp³-hybridized carbons (Fsp3) is 0.395. The first kappa shape index (κ1) is 48.5. The number of nitrogens with two attached hydrogens (primary N) is 1. The summed E-state index contributed by atoms with van der Waals surface area (Å²) in [6.45, 7) is 18.0. The number of aromatic hydroxyl groups is 1. The highest BCUT2D eigenvalue weighted by atomic mass is 35.5. The van der Waals surface area contributed by atoms with Crippen LogP contribution in [0, 0.1) is 13.8 Å². The quantitative estimate of drug-likeness (QED) is 0.0822. The molecule has 3 aromatic rings. The molecule has 3 heterocycles. The Morgan fingerprint density at radius 2 is 1.79 bits per heavy atom. The van der Waals surface area contributed by atoms with Crippen molar-refractivity contribution in [3.05, 3.63) is 92.8 Å². The molecule has 0 aliphatic carbocycles. The van der Waals surface area contributed by atoms with Crippen molar-refractivity contribution in [2.24, 2.45) is 15.8 Å². The van der Waals surface area contributed by atoms with Crippen LogP contribution < -0.4 is 15.8 Å². The molecule has 0 bridgehead atoms. The van der Waals surface area contributed by atoms with Crippen LogP contribution >= 0.6 is 11.6 Å². The molecule has 2 aliphatic heterocycles. The van der Waals surface area contributed by atoms with Crippen molar-refractivity contribution in [1.82, 2.24) is 30.1 Å². The number of rotatable bonds is 10. The largest absolute Gasteiger partial charge is 0.504 e. The number of ether oxygens (including phenoxy) is 1. The molecule has 0 spiro atoms. The maximum Gasteiger partial charge on any atom is 0.416 e. The molecule has 2 aliphatic rings. The van der Waals surface area contributed by atoms with E-state index in [2.05, 4.69) is 67.5 Å². The van der Waals surface area contributed by atoms with Gasteiger partial charge in [0, 0.05) is 62.6 Å². The fourth-order valence-corrected chi connectivity index (χ4v) is 5.09. The highest BCUT2D eigenvalue weighted by Gasteiger charge is 2.30. The molecule has 0 saturated carbocycles. The molecule has 0 unspecified atom stereocenters. The van der Waals surface area contributed by atoms with E-state index in [1.807, 2.05) is 26.1 Å². The van der Waals surface area contributed by atoms with Crippen molar-refractivity contribution in [3.8, 4) is 11.5 Å². The summed E-state index contributed by atoms with van der Waals surface area (Å²) in [6, 6.07) is 9.49. The highest BCUT2D eigenvalue weighted by molar-refractivity contribution is 6.31. The second kappa shape index (κ2) is 25.5. The number of aryl methyl sites for hydroxylation is 2. The smallest absolute Gasteiger partial charge is 0.416 e. The molecule has 1 saturated heterocycles. The van der Waals surface area contributed by atoms with E-state index in [1.165, 1.54) is 18.0 Å². The number of carbonyl (C=O) groups is 3. The number of hydrogen-bond donors (Lipinski definition) is 3. The number of benzene rings is 2. The summed E-state index contributed by atoms with van der Waals surface area (Å²) in [5, 5.41) is 17.9. The predicted molar refractivity (Wildman–Crippen MR) is 212 cm³/mol. The number of piperazine rings is 1. The Hall–Kier alpha value is -5.55. The zero-order valence-electron chi connectivity index (χ0n) is 32.4. The van der Waals surface area contributed by atoms with Gasteiger partial charge in [-0.2, -0.15) is 18.3 Å². The number of hydrogen-bond acceptors (Lipinski definition) is 13. The molecule has 0 atom stereocenters. The zero-order valence-corrected chi connectivity index (χ0v) is 33.1. The van der Waals surface area contributed by atoms with Crippen molar-refractivity contribution in [3.63, 3.8) is 0 Å². The molecule has 2 aromatic carbocycles. The second-order valence-electron chi connectivity index (χ2n) is 12.1. The number of fused-ring (bicyclic) bond motifs is 1. The monoisotopic (exact) mass is 805 g/mol. The van der Waals surface area contributed by atoms with E-state index >= 15 is 0 Å². The lowest BCUT2D eigenvalue weighted by Gasteiger charge is -2.35. The lowest BCUT2D eigenvalue weighted by atomic mass is 10.1. The fourth-order valence-electron chi connectivity index (χ4n) is 4.91. The van der Waals surface area contributed by atoms with E-state index in [0.29, 0.717) is 30.8 Å². The zero-order chi connectivity index (χ0) is 42.3. The van der Waals surface area contributed by atoms with E-state index in [-0.39, 0.29) is 22.9 Å². The molecule has 1 amide bonds. The number of amides is 1. The minimum Gasteiger partial charge on any atom is -0.504 e. The van der Waals surface area contributed by atoms with Crippen LogP contribution in [-0.2, 0) is 28.7 Å². The molecule has 56 heavy (non-hydrogen) atoms. The van der Waals surface area contributed by atoms with Gasteiger partial charge in [-0.05, 0) is 57.3 Å². The number of alkyl halides is 3. The number of primary amides is 1. The SMILES string of the molecule is C=NCc1cccc2c1OCC2.C=NN(C)CN/C(CC)=C(\C=O)N1CCN(C)CC1.Cc1ccc(C(F)(F)F)cc1Cl.Cc1ncnc(C=O)c1O.NC=O. The van der Waals surface area contributed by atoms with E-state index in [0.717, 1.165) is 86.8 Å². The molecular formula is C38H51ClF3N9O5. The number of aliphatic imine (C=N–C) groups is 1. The van der Waals surface area contributed by atoms with E-state index in [9.17, 15) is 22.8 Å². The van der Waals surface area contributed by atoms with Crippen LogP contribution in [-0.4, -0.2) is 116 Å². The van der Waals surface area contributed by atoms with Gasteiger partial charge in [0.15, 0.2) is 18.3 Å². The summed E-state index contributed by atoms with van der Waals surface area (Å²) < 4.78 is 41.6. The van der Waals surface area contributed by atoms with Crippen molar-refractivity contribution < 1.29 is 37.4 Å². The van der Waals surface area contributed by atoms with Gasteiger partial charge in [-0.3, -0.25) is 24.4 Å². The first-order valence-corrected chi connectivity index (χ1v) is 17.6. The number of nitrogens with one attached hydrogen (secondary N) is 1. The summed E-state index contributed by atoms with van der Waals surface area (Å²) in [4.78, 5) is 45.6. The number of nitrogens with zero attached hydrogens (tertiary/aromatic N) is 7. The molecular weight excluding hydrogens is 755 g/mol. The number of hydrazone groups is 1. The Labute approximate surface area is 330 Å². The van der Waals surface area contributed by atoms with Gasteiger partial charge in [0.05, 0.1) is 30.1 Å². The first-order valence-electron chi connectivity index (χ1n) is 17.3. The first-order chi connectivity index (χ1) is 26.6. The summed E-state index contributed by atoms with van der Waals surface area (Å²) >= 11 is 5.52. The van der Waals surface area contributed by atoms with Crippen molar-refractivity contribution in [2.75, 3.05) is 53.5 Å². The van der Waals surface area contributed by atoms with Crippen LogP contribution in [0.4, 0.5) is 13.2 Å². The number of carbonyl (C=O) groups excluding carboxylic acids is 3. The third-order valence-electron chi connectivity index (χ3n) is 8.10. The number of allylic oxidation sites excluding steroid dienone is 2. The van der Waals surface area contributed by atoms with Gasteiger partial charge in [0.25, 0.3) is 0 Å². The number of aromatic nitrogens is 2. The van der Waals surface area contributed by atoms with Crippen LogP contribution in [0.2, 0.25) is 5.02 Å². The van der Waals surface area contributed by atoms with E-state index in [1.54, 1.807) is 18.9 Å². The van der Waals surface area contributed by atoms with Crippen LogP contribution in [0.25, 0.3) is 0 Å². The van der Waals surface area contributed by atoms with Gasteiger partial charge < -0.3 is 30.7 Å². The maximum atomic E-state index is 12.0. The van der Waals surface area contributed by atoms with Gasteiger partial charge in [-0.1, -0.05) is 42.8 Å². The average Bonchev–Trinajstić information content (AvgIpc) is 3.67. The van der Waals surface area contributed by atoms with Crippen LogP contribution in [0.1, 0.15) is 51.8 Å². The third-order valence-corrected chi connectivity index (χ3v) is 8.51. The van der Waals surface area contributed by atoms with Gasteiger partial charge in [0.1, 0.15) is 24.4 Å². The molecule has 306 valence electrons. The van der Waals surface area contributed by atoms with E-state index in [4.69, 9.17) is 26.2 Å². The topological polar surface area (TPSA) is 179 Å². The molecule has 5 rings (SSSR count). The molecule has 18 heteroatoms. The molecule has 1 fully saturated rings. The standard InChI is InChI=1S/C13H25N5O.C10H11NO.C8H6ClF3.C6H6N2O2.CH3NO/c1-5-12(15-11-17(4)14-2)13(10-19)18-8-6-16(3)7-9-18;1-11-7-9-4-2-3-8-5-6-12-10(8)9;1-5-2-3-6(4-7(5)9)8(10,11)12;1-4-6(10)5(2-9)8-3-7-4;2-1-3/h10,15H,2,5-9,11H2,1,3-4H3;2-4H,1,5-7H2;2-4H,1H3;2-3,10H,1H3;1H,(H2,2,3)/b13-12+;;;;. The molecule has 14 nitrogen and oxygen atoms in total. The Balaban J connectivity index is 0.000000374. The lowest BCUT2D eigenvalue weighted by Crippen LogP contribution is -2.45. The van der Waals surface area contributed by atoms with Crippen molar-refractivity contribution in [2.45, 2.75) is 46.3 Å². The lowest BCUT2D eigenvalue weighted by molar-refractivity contribution is -0.137. The number of halogens is 4. The molecule has 0 radical (unpaired) electrons. The third kappa shape index (κ3) is 16.4. The van der Waals surface area contributed by atoms with E-state index < -0.39 is 11.7 Å². The Bertz CT molecular complexity index is 1750. The predicted octanol–water partition coefficient (Wildman–Crippen LogP) is 5.04. The Kier molecular flexibility index (Phi) is 22.1. The normalized spacial score (nSPS) is 13.3. The number of aldehydes is 2. The van der Waals surface area contributed by atoms with Crippen molar-refractivity contribution >= 4 is 44.0 Å². The van der Waals surface area contributed by atoms with Crippen molar-refractivity contribution in [1.29, 1.82) is 0 Å². The maximum absolute atomic E-state index is 12.0. The van der Waals surface area contributed by atoms with Gasteiger partial charge in [-0.25, -0.2) is 9.97 Å². The summed E-state index contributed by atoms with van der Waals surface area (Å²) in [7, 11) is 3.94. The minimum atomic E-state index is -4.31. The average molecular weight is 806 g/mol. The highest BCUT2D eigenvalue weighted by Crippen LogP contribution is 2.32.